The van der Waals surface area contributed by atoms with Crippen molar-refractivity contribution >= 4 is 17.2 Å². The van der Waals surface area contributed by atoms with Crippen LogP contribution in [0.5, 0.6) is 0 Å². The molecule has 2 aromatic heterocycles. The first-order chi connectivity index (χ1) is 9.79. The van der Waals surface area contributed by atoms with Gasteiger partial charge in [0.2, 0.25) is 0 Å². The smallest absolute Gasteiger partial charge is 0.142 e. The Hall–Kier alpha value is -2.71. The van der Waals surface area contributed by atoms with Crippen LogP contribution in [0.15, 0.2) is 48.0 Å². The maximum Gasteiger partial charge on any atom is 0.142 e. The molecule has 96 valence electrons. The Kier molecular flexibility index (Phi) is 3.15. The predicted octanol–water partition coefficient (Wildman–Crippen LogP) is 3.33. The quantitative estimate of drug-likeness (QED) is 0.780. The van der Waals surface area contributed by atoms with Gasteiger partial charge >= 0.3 is 0 Å². The lowest BCUT2D eigenvalue weighted by Gasteiger charge is -2.08. The molecule has 0 aliphatic heterocycles. The molecule has 0 aliphatic carbocycles. The molecule has 0 radical (unpaired) electrons. The van der Waals surface area contributed by atoms with Gasteiger partial charge in [0.05, 0.1) is 0 Å². The van der Waals surface area contributed by atoms with Gasteiger partial charge in [-0.25, -0.2) is 9.97 Å². The fraction of sp³-hybridized carbons (Fsp3) is 0. The van der Waals surface area contributed by atoms with E-state index in [-0.39, 0.29) is 5.82 Å². The molecular weight excluding hydrogens is 268 g/mol. The van der Waals surface area contributed by atoms with Gasteiger partial charge in [0, 0.05) is 17.1 Å². The number of nitriles is 1. The molecule has 0 spiro atoms. The van der Waals surface area contributed by atoms with E-state index in [0.717, 1.165) is 16.1 Å². The Bertz CT molecular complexity index is 774. The number of rotatable bonds is 2. The number of benzene rings is 1. The molecule has 0 saturated heterocycles. The standard InChI is InChI=1S/C15H10N4S/c16-9-12-11(10-4-2-1-3-5-10)8-13(19-14(12)17)15-18-6-7-20-15/h1-8H,(H2,17,19). The lowest BCUT2D eigenvalue weighted by atomic mass is 10.0. The van der Waals surface area contributed by atoms with Gasteiger partial charge in [0.25, 0.3) is 0 Å². The van der Waals surface area contributed by atoms with E-state index in [1.165, 1.54) is 11.3 Å². The molecule has 5 heteroatoms. The van der Waals surface area contributed by atoms with Crippen molar-refractivity contribution in [2.75, 3.05) is 5.73 Å². The summed E-state index contributed by atoms with van der Waals surface area (Å²) in [4.78, 5) is 8.51. The molecular formula is C15H10N4S. The van der Waals surface area contributed by atoms with Crippen LogP contribution in [0, 0.1) is 11.3 Å². The second-order valence-electron chi connectivity index (χ2n) is 4.13. The number of nitrogen functional groups attached to an aromatic ring is 1. The molecule has 2 heterocycles. The van der Waals surface area contributed by atoms with E-state index in [1.807, 2.05) is 41.8 Å². The highest BCUT2D eigenvalue weighted by Gasteiger charge is 2.14. The number of thiazole rings is 1. The normalized spacial score (nSPS) is 10.2. The van der Waals surface area contributed by atoms with Crippen molar-refractivity contribution in [3.63, 3.8) is 0 Å². The van der Waals surface area contributed by atoms with Gasteiger partial charge < -0.3 is 5.73 Å². The van der Waals surface area contributed by atoms with Crippen molar-refractivity contribution in [3.8, 4) is 27.9 Å². The van der Waals surface area contributed by atoms with Crippen LogP contribution in [0.2, 0.25) is 0 Å². The average Bonchev–Trinajstić information content (AvgIpc) is 3.01. The number of nitrogens with two attached hydrogens (primary N) is 1. The van der Waals surface area contributed by atoms with E-state index in [2.05, 4.69) is 16.0 Å². The Balaban J connectivity index is 2.25. The maximum atomic E-state index is 9.30. The molecule has 3 rings (SSSR count). The third kappa shape index (κ3) is 2.13. The first-order valence-electron chi connectivity index (χ1n) is 5.95. The van der Waals surface area contributed by atoms with Gasteiger partial charge in [-0.15, -0.1) is 11.3 Å². The summed E-state index contributed by atoms with van der Waals surface area (Å²) in [5.41, 5.74) is 8.73. The first-order valence-corrected chi connectivity index (χ1v) is 6.83. The van der Waals surface area contributed by atoms with Gasteiger partial charge in [-0.05, 0) is 11.6 Å². The molecule has 3 aromatic rings. The summed E-state index contributed by atoms with van der Waals surface area (Å²) in [7, 11) is 0. The fourth-order valence-electron chi connectivity index (χ4n) is 1.99. The lowest BCUT2D eigenvalue weighted by Crippen LogP contribution is -1.99. The van der Waals surface area contributed by atoms with Gasteiger partial charge in [-0.3, -0.25) is 0 Å². The Labute approximate surface area is 120 Å². The third-order valence-electron chi connectivity index (χ3n) is 2.90. The van der Waals surface area contributed by atoms with Crippen LogP contribution < -0.4 is 5.73 Å². The Morgan fingerprint density at radius 1 is 1.20 bits per heavy atom. The summed E-state index contributed by atoms with van der Waals surface area (Å²) in [5.74, 6) is 0.235. The second-order valence-corrected chi connectivity index (χ2v) is 5.02. The Morgan fingerprint density at radius 2 is 2.00 bits per heavy atom. The molecule has 0 atom stereocenters. The summed E-state index contributed by atoms with van der Waals surface area (Å²) < 4.78 is 0. The van der Waals surface area contributed by atoms with E-state index < -0.39 is 0 Å². The number of anilines is 1. The van der Waals surface area contributed by atoms with Gasteiger partial charge in [0.1, 0.15) is 28.2 Å². The topological polar surface area (TPSA) is 75.6 Å². The molecule has 0 amide bonds. The number of nitrogens with zero attached hydrogens (tertiary/aromatic N) is 3. The molecule has 1 aromatic carbocycles. The zero-order valence-electron chi connectivity index (χ0n) is 10.4. The zero-order chi connectivity index (χ0) is 13.9. The largest absolute Gasteiger partial charge is 0.383 e. The van der Waals surface area contributed by atoms with E-state index >= 15 is 0 Å². The van der Waals surface area contributed by atoms with Crippen molar-refractivity contribution < 1.29 is 0 Å². The van der Waals surface area contributed by atoms with Crippen LogP contribution >= 0.6 is 11.3 Å². The highest BCUT2D eigenvalue weighted by molar-refractivity contribution is 7.13. The summed E-state index contributed by atoms with van der Waals surface area (Å²) in [6.45, 7) is 0. The molecule has 0 fully saturated rings. The van der Waals surface area contributed by atoms with Crippen LogP contribution in [0.1, 0.15) is 5.56 Å². The number of pyridine rings is 1. The van der Waals surface area contributed by atoms with Crippen molar-refractivity contribution in [2.24, 2.45) is 0 Å². The summed E-state index contributed by atoms with van der Waals surface area (Å²) >= 11 is 1.49. The van der Waals surface area contributed by atoms with E-state index in [4.69, 9.17) is 5.73 Å². The molecule has 0 aliphatic rings. The van der Waals surface area contributed by atoms with Crippen molar-refractivity contribution in [1.82, 2.24) is 9.97 Å². The van der Waals surface area contributed by atoms with Crippen LogP contribution in [-0.4, -0.2) is 9.97 Å². The minimum absolute atomic E-state index is 0.235. The number of hydrogen-bond acceptors (Lipinski definition) is 5. The van der Waals surface area contributed by atoms with Gasteiger partial charge in [0.15, 0.2) is 0 Å². The first kappa shape index (κ1) is 12.3. The van der Waals surface area contributed by atoms with Crippen molar-refractivity contribution in [2.45, 2.75) is 0 Å². The van der Waals surface area contributed by atoms with Crippen LogP contribution in [0.25, 0.3) is 21.8 Å². The Morgan fingerprint density at radius 3 is 2.65 bits per heavy atom. The maximum absolute atomic E-state index is 9.30. The molecule has 4 nitrogen and oxygen atoms in total. The average molecular weight is 278 g/mol. The highest BCUT2D eigenvalue weighted by atomic mass is 32.1. The zero-order valence-corrected chi connectivity index (χ0v) is 11.3. The minimum Gasteiger partial charge on any atom is -0.383 e. The lowest BCUT2D eigenvalue weighted by molar-refractivity contribution is 1.28. The van der Waals surface area contributed by atoms with Crippen molar-refractivity contribution in [1.29, 1.82) is 5.26 Å². The molecule has 0 saturated carbocycles. The highest BCUT2D eigenvalue weighted by Crippen LogP contribution is 2.31. The molecule has 20 heavy (non-hydrogen) atoms. The van der Waals surface area contributed by atoms with E-state index in [1.54, 1.807) is 6.20 Å². The second kappa shape index (κ2) is 5.11. The SMILES string of the molecule is N#Cc1c(-c2ccccc2)cc(-c2nccs2)nc1N. The summed E-state index contributed by atoms with van der Waals surface area (Å²) in [6, 6.07) is 13.7. The molecule has 0 unspecified atom stereocenters. The minimum atomic E-state index is 0.235. The van der Waals surface area contributed by atoms with Gasteiger partial charge in [-0.2, -0.15) is 5.26 Å². The fourth-order valence-corrected chi connectivity index (χ4v) is 2.58. The van der Waals surface area contributed by atoms with Crippen LogP contribution in [-0.2, 0) is 0 Å². The van der Waals surface area contributed by atoms with Crippen LogP contribution in [0.3, 0.4) is 0 Å². The van der Waals surface area contributed by atoms with E-state index in [0.29, 0.717) is 11.3 Å². The molecule has 2 N–H and O–H groups in total. The molecule has 0 bridgehead atoms. The number of aromatic nitrogens is 2. The van der Waals surface area contributed by atoms with Crippen molar-refractivity contribution in [3.05, 3.63) is 53.5 Å². The number of hydrogen-bond donors (Lipinski definition) is 1. The van der Waals surface area contributed by atoms with Gasteiger partial charge in [-0.1, -0.05) is 30.3 Å². The van der Waals surface area contributed by atoms with E-state index in [9.17, 15) is 5.26 Å². The third-order valence-corrected chi connectivity index (χ3v) is 3.69. The summed E-state index contributed by atoms with van der Waals surface area (Å²) in [6.07, 6.45) is 1.72. The predicted molar refractivity (Wildman–Crippen MR) is 79.9 cm³/mol. The monoisotopic (exact) mass is 278 g/mol. The van der Waals surface area contributed by atoms with Crippen LogP contribution in [0.4, 0.5) is 5.82 Å². The summed E-state index contributed by atoms with van der Waals surface area (Å²) in [5, 5.41) is 12.0.